The average molecular weight is 329 g/mol. The third-order valence-electron chi connectivity index (χ3n) is 3.07. The summed E-state index contributed by atoms with van der Waals surface area (Å²) in [4.78, 5) is 25.2. The second-order valence-electron chi connectivity index (χ2n) is 4.69. The maximum Gasteiger partial charge on any atom is 0.265 e. The van der Waals surface area contributed by atoms with Crippen LogP contribution >= 0.6 is 12.2 Å². The Bertz CT molecular complexity index is 508. The van der Waals surface area contributed by atoms with Crippen molar-refractivity contribution in [2.24, 2.45) is 5.73 Å². The van der Waals surface area contributed by atoms with E-state index in [2.05, 4.69) is 11.9 Å². The summed E-state index contributed by atoms with van der Waals surface area (Å²) in [5.74, 6) is -1.39. The third-order valence-corrected chi connectivity index (χ3v) is 3.39. The highest BCUT2D eigenvalue weighted by atomic mass is 32.1. The van der Waals surface area contributed by atoms with Crippen molar-refractivity contribution in [2.45, 2.75) is 24.7 Å². The van der Waals surface area contributed by atoms with Crippen LogP contribution in [0, 0.1) is 0 Å². The topological polar surface area (TPSA) is 136 Å². The van der Waals surface area contributed by atoms with Crippen molar-refractivity contribution in [3.63, 3.8) is 0 Å². The maximum atomic E-state index is 12.2. The molecule has 1 heterocycles. The Morgan fingerprint density at radius 3 is 2.59 bits per heavy atom. The second kappa shape index (κ2) is 8.11. The van der Waals surface area contributed by atoms with Crippen molar-refractivity contribution < 1.29 is 24.9 Å². The molecule has 1 saturated heterocycles. The van der Waals surface area contributed by atoms with E-state index in [9.17, 15) is 19.8 Å². The first kappa shape index (κ1) is 18.4. The van der Waals surface area contributed by atoms with Crippen LogP contribution in [0.2, 0.25) is 0 Å². The Balaban J connectivity index is 2.96. The SMILES string of the molecule is C=CCN1C(=O)/C(=C/[C@@H](N)[C@@H](O)[C@H](O)CCO)C(=O)NC1=S. The fourth-order valence-electron chi connectivity index (χ4n) is 1.86. The molecule has 8 nitrogen and oxygen atoms in total. The molecule has 0 aromatic rings. The van der Waals surface area contributed by atoms with E-state index in [1.165, 1.54) is 6.08 Å². The number of aliphatic hydroxyl groups is 3. The third kappa shape index (κ3) is 4.18. The van der Waals surface area contributed by atoms with Crippen LogP contribution in [0.4, 0.5) is 0 Å². The number of thiocarbonyl (C=S) groups is 1. The molecule has 0 radical (unpaired) electrons. The summed E-state index contributed by atoms with van der Waals surface area (Å²) in [6.07, 6.45) is -0.268. The molecule has 3 atom stereocenters. The summed E-state index contributed by atoms with van der Waals surface area (Å²) < 4.78 is 0. The number of aliphatic hydroxyl groups excluding tert-OH is 3. The number of nitrogens with one attached hydrogen (secondary N) is 1. The lowest BCUT2D eigenvalue weighted by Crippen LogP contribution is -2.54. The van der Waals surface area contributed by atoms with Crippen LogP contribution in [0.5, 0.6) is 0 Å². The van der Waals surface area contributed by atoms with E-state index in [-0.39, 0.29) is 30.3 Å². The van der Waals surface area contributed by atoms with Crippen molar-refractivity contribution in [3.05, 3.63) is 24.3 Å². The molecule has 1 aliphatic heterocycles. The van der Waals surface area contributed by atoms with E-state index in [1.54, 1.807) is 0 Å². The van der Waals surface area contributed by atoms with E-state index >= 15 is 0 Å². The Morgan fingerprint density at radius 1 is 1.41 bits per heavy atom. The molecular formula is C13H19N3O5S. The molecular weight excluding hydrogens is 310 g/mol. The van der Waals surface area contributed by atoms with E-state index in [0.29, 0.717) is 0 Å². The van der Waals surface area contributed by atoms with Gasteiger partial charge in [-0.25, -0.2) is 0 Å². The second-order valence-corrected chi connectivity index (χ2v) is 5.08. The van der Waals surface area contributed by atoms with Crippen LogP contribution in [0.15, 0.2) is 24.3 Å². The van der Waals surface area contributed by atoms with Gasteiger partial charge in [-0.05, 0) is 24.7 Å². The highest BCUT2D eigenvalue weighted by Crippen LogP contribution is 2.13. The van der Waals surface area contributed by atoms with E-state index in [0.717, 1.165) is 11.0 Å². The summed E-state index contributed by atoms with van der Waals surface area (Å²) >= 11 is 4.89. The van der Waals surface area contributed by atoms with Gasteiger partial charge in [0, 0.05) is 13.2 Å². The number of hydrogen-bond donors (Lipinski definition) is 5. The van der Waals surface area contributed by atoms with Crippen molar-refractivity contribution in [2.75, 3.05) is 13.2 Å². The van der Waals surface area contributed by atoms with Crippen LogP contribution in [0.1, 0.15) is 6.42 Å². The van der Waals surface area contributed by atoms with Crippen LogP contribution < -0.4 is 11.1 Å². The molecule has 0 aromatic heterocycles. The Kier molecular flexibility index (Phi) is 6.78. The zero-order valence-corrected chi connectivity index (χ0v) is 12.6. The van der Waals surface area contributed by atoms with Gasteiger partial charge in [0.1, 0.15) is 5.57 Å². The highest BCUT2D eigenvalue weighted by molar-refractivity contribution is 7.80. The minimum atomic E-state index is -1.43. The largest absolute Gasteiger partial charge is 0.396 e. The summed E-state index contributed by atoms with van der Waals surface area (Å²) in [6.45, 7) is 3.27. The standard InChI is InChI=1S/C13H19N3O5S/c1-2-4-16-12(21)7(11(20)15-13(16)22)6-8(14)10(19)9(18)3-5-17/h2,6,8-10,17-19H,1,3-5,14H2,(H,15,20,22)/b7-6+/t8-,9-,10-/m1/s1. The van der Waals surface area contributed by atoms with Gasteiger partial charge in [-0.2, -0.15) is 0 Å². The number of amides is 2. The van der Waals surface area contributed by atoms with Crippen LogP contribution in [0.25, 0.3) is 0 Å². The quantitative estimate of drug-likeness (QED) is 0.154. The number of nitrogens with two attached hydrogens (primary N) is 1. The lowest BCUT2D eigenvalue weighted by Gasteiger charge is -2.29. The van der Waals surface area contributed by atoms with Crippen LogP contribution in [-0.2, 0) is 9.59 Å². The molecule has 1 fully saturated rings. The van der Waals surface area contributed by atoms with Gasteiger partial charge in [-0.3, -0.25) is 19.8 Å². The summed E-state index contributed by atoms with van der Waals surface area (Å²) in [7, 11) is 0. The summed E-state index contributed by atoms with van der Waals surface area (Å²) in [5, 5.41) is 30.4. The lowest BCUT2D eigenvalue weighted by atomic mass is 10.00. The molecule has 1 rings (SSSR count). The molecule has 122 valence electrons. The minimum absolute atomic E-state index is 0.0403. The van der Waals surface area contributed by atoms with E-state index in [1.807, 2.05) is 0 Å². The molecule has 9 heteroatoms. The number of hydrogen-bond acceptors (Lipinski definition) is 7. The molecule has 0 aliphatic carbocycles. The Morgan fingerprint density at radius 2 is 2.05 bits per heavy atom. The molecule has 1 aliphatic rings. The summed E-state index contributed by atoms with van der Waals surface area (Å²) in [6, 6.07) is -1.16. The van der Waals surface area contributed by atoms with Gasteiger partial charge in [0.15, 0.2) is 5.11 Å². The average Bonchev–Trinajstić information content (AvgIpc) is 2.47. The minimum Gasteiger partial charge on any atom is -0.396 e. The predicted molar refractivity (Wildman–Crippen MR) is 82.4 cm³/mol. The molecule has 0 aromatic carbocycles. The monoisotopic (exact) mass is 329 g/mol. The highest BCUT2D eigenvalue weighted by Gasteiger charge is 2.34. The van der Waals surface area contributed by atoms with Crippen molar-refractivity contribution in [3.8, 4) is 0 Å². The fraction of sp³-hybridized carbons (Fsp3) is 0.462. The van der Waals surface area contributed by atoms with Gasteiger partial charge in [0.25, 0.3) is 11.8 Å². The molecule has 22 heavy (non-hydrogen) atoms. The molecule has 0 bridgehead atoms. The van der Waals surface area contributed by atoms with Gasteiger partial charge in [0.2, 0.25) is 0 Å². The predicted octanol–water partition coefficient (Wildman–Crippen LogP) is -2.23. The molecule has 0 unspecified atom stereocenters. The lowest BCUT2D eigenvalue weighted by molar-refractivity contribution is -0.128. The van der Waals surface area contributed by atoms with Crippen molar-refractivity contribution >= 4 is 29.1 Å². The molecule has 6 N–H and O–H groups in total. The van der Waals surface area contributed by atoms with Gasteiger partial charge in [-0.15, -0.1) is 6.58 Å². The number of rotatable bonds is 7. The van der Waals surface area contributed by atoms with Gasteiger partial charge in [0.05, 0.1) is 18.2 Å². The van der Waals surface area contributed by atoms with Gasteiger partial charge < -0.3 is 21.1 Å². The van der Waals surface area contributed by atoms with Crippen LogP contribution in [0.3, 0.4) is 0 Å². The maximum absolute atomic E-state index is 12.2. The van der Waals surface area contributed by atoms with Gasteiger partial charge in [-0.1, -0.05) is 6.08 Å². The zero-order chi connectivity index (χ0) is 16.9. The molecule has 0 spiro atoms. The number of carbonyl (C=O) groups is 2. The van der Waals surface area contributed by atoms with Crippen molar-refractivity contribution in [1.29, 1.82) is 0 Å². The Labute approximate surface area is 132 Å². The number of nitrogens with zero attached hydrogens (tertiary/aromatic N) is 1. The normalized spacial score (nSPS) is 21.5. The van der Waals surface area contributed by atoms with Gasteiger partial charge >= 0.3 is 0 Å². The molecule has 0 saturated carbocycles. The Hall–Kier alpha value is -1.65. The first-order chi connectivity index (χ1) is 10.3. The fourth-order valence-corrected chi connectivity index (χ4v) is 2.11. The number of carbonyl (C=O) groups excluding carboxylic acids is 2. The van der Waals surface area contributed by atoms with Crippen LogP contribution in [-0.4, -0.2) is 68.5 Å². The first-order valence-electron chi connectivity index (χ1n) is 6.56. The summed E-state index contributed by atoms with van der Waals surface area (Å²) in [5.41, 5.74) is 5.41. The van der Waals surface area contributed by atoms with Crippen molar-refractivity contribution in [1.82, 2.24) is 10.2 Å². The smallest absolute Gasteiger partial charge is 0.265 e. The van der Waals surface area contributed by atoms with E-state index in [4.69, 9.17) is 23.1 Å². The van der Waals surface area contributed by atoms with E-state index < -0.39 is 30.1 Å². The first-order valence-corrected chi connectivity index (χ1v) is 6.96. The molecule has 2 amide bonds. The zero-order valence-electron chi connectivity index (χ0n) is 11.8.